The van der Waals surface area contributed by atoms with Crippen LogP contribution in [-0.4, -0.2) is 57.6 Å². The smallest absolute Gasteiger partial charge is 0.327 e. The van der Waals surface area contributed by atoms with E-state index in [9.17, 15) is 24.3 Å². The molecule has 2 atom stereocenters. The summed E-state index contributed by atoms with van der Waals surface area (Å²) in [5.74, 6) is -2.30. The molecule has 0 heterocycles. The maximum absolute atomic E-state index is 11.9. The lowest BCUT2D eigenvalue weighted by Gasteiger charge is -2.36. The summed E-state index contributed by atoms with van der Waals surface area (Å²) in [6.07, 6.45) is 0.535. The lowest BCUT2D eigenvalue weighted by Crippen LogP contribution is -2.43. The van der Waals surface area contributed by atoms with Crippen LogP contribution in [0.15, 0.2) is 91.0 Å². The normalized spacial score (nSPS) is 12.2. The second-order valence-corrected chi connectivity index (χ2v) is 10.5. The van der Waals surface area contributed by atoms with Gasteiger partial charge in [0, 0.05) is 24.3 Å². The van der Waals surface area contributed by atoms with Gasteiger partial charge in [-0.25, -0.2) is 9.59 Å². The summed E-state index contributed by atoms with van der Waals surface area (Å²) in [4.78, 5) is 44.7. The highest BCUT2D eigenvalue weighted by Gasteiger charge is 2.38. The second-order valence-electron chi connectivity index (χ2n) is 8.90. The van der Waals surface area contributed by atoms with Crippen LogP contribution in [0, 0.1) is 0 Å². The van der Waals surface area contributed by atoms with Crippen molar-refractivity contribution in [2.75, 3.05) is 11.5 Å². The number of carbonyl (C=O) groups excluding carboxylic acids is 2. The topological polar surface area (TPSA) is 133 Å². The van der Waals surface area contributed by atoms with Crippen molar-refractivity contribution < 1.29 is 29.4 Å². The first-order valence-electron chi connectivity index (χ1n) is 13.1. The van der Waals surface area contributed by atoms with Crippen molar-refractivity contribution in [1.29, 1.82) is 0 Å². The lowest BCUT2D eigenvalue weighted by molar-refractivity contribution is -0.141. The third-order valence-corrected chi connectivity index (χ3v) is 8.10. The molecule has 10 heteroatoms. The first-order chi connectivity index (χ1) is 19.7. The fraction of sp³-hybridized carbons (Fsp3) is 0.290. The number of rotatable bonds is 13. The molecule has 3 aromatic carbocycles. The van der Waals surface area contributed by atoms with Gasteiger partial charge in [-0.15, -0.1) is 11.8 Å². The highest BCUT2D eigenvalue weighted by molar-refractivity contribution is 8.00. The van der Waals surface area contributed by atoms with Crippen molar-refractivity contribution in [1.82, 2.24) is 10.6 Å². The minimum atomic E-state index is -1.05. The Kier molecular flexibility index (Phi) is 14.0. The van der Waals surface area contributed by atoms with E-state index in [0.717, 1.165) is 16.7 Å². The molecule has 0 unspecified atom stereocenters. The fourth-order valence-electron chi connectivity index (χ4n) is 3.93. The van der Waals surface area contributed by atoms with E-state index in [4.69, 9.17) is 5.11 Å². The van der Waals surface area contributed by atoms with Gasteiger partial charge in [-0.2, -0.15) is 12.6 Å². The van der Waals surface area contributed by atoms with Crippen LogP contribution in [-0.2, 0) is 23.9 Å². The standard InChI is InChI=1S/C25H25NO3S.C6H11NO3S/c1-2-23(27)26-22(24(28)29)18-30-25(19-12-6-3-7-13-19,20-14-8-4-9-15-20)21-16-10-5-11-17-21;1-2-5(8)7-4(3-11)6(9)10/h3-17,22H,2,18H2,1H3,(H,26,27)(H,28,29);4,11H,2-3H2,1H3,(H,7,8)(H,9,10)/t22-;4-/m00/s1. The number of hydrogen-bond donors (Lipinski definition) is 5. The number of thioether (sulfide) groups is 1. The van der Waals surface area contributed by atoms with E-state index in [1.54, 1.807) is 13.8 Å². The Bertz CT molecular complexity index is 1160. The van der Waals surface area contributed by atoms with Gasteiger partial charge in [-0.3, -0.25) is 9.59 Å². The maximum atomic E-state index is 11.9. The Labute approximate surface area is 250 Å². The van der Waals surface area contributed by atoms with E-state index >= 15 is 0 Å². The van der Waals surface area contributed by atoms with Gasteiger partial charge >= 0.3 is 11.9 Å². The number of aliphatic carboxylic acids is 2. The quantitative estimate of drug-likeness (QED) is 0.144. The summed E-state index contributed by atoms with van der Waals surface area (Å²) in [6.45, 7) is 3.37. The molecule has 3 rings (SSSR count). The van der Waals surface area contributed by atoms with Gasteiger partial charge in [0.1, 0.15) is 12.1 Å². The first-order valence-corrected chi connectivity index (χ1v) is 14.8. The first kappa shape index (κ1) is 33.4. The molecule has 4 N–H and O–H groups in total. The summed E-state index contributed by atoms with van der Waals surface area (Å²) < 4.78 is -0.617. The Hall–Kier alpha value is -3.76. The summed E-state index contributed by atoms with van der Waals surface area (Å²) in [5.41, 5.74) is 3.16. The van der Waals surface area contributed by atoms with Crippen molar-refractivity contribution in [2.45, 2.75) is 43.5 Å². The van der Waals surface area contributed by atoms with Crippen LogP contribution in [0.25, 0.3) is 0 Å². The van der Waals surface area contributed by atoms with Gasteiger partial charge < -0.3 is 20.8 Å². The predicted octanol–water partition coefficient (Wildman–Crippen LogP) is 4.59. The number of carboxylic acid groups (broad SMARTS) is 2. The van der Waals surface area contributed by atoms with Gasteiger partial charge in [0.15, 0.2) is 0 Å². The Balaban J connectivity index is 0.000000454. The predicted molar refractivity (Wildman–Crippen MR) is 165 cm³/mol. The van der Waals surface area contributed by atoms with E-state index in [1.165, 1.54) is 11.8 Å². The Morgan fingerprint density at radius 3 is 1.32 bits per heavy atom. The summed E-state index contributed by atoms with van der Waals surface area (Å²) in [6, 6.07) is 28.4. The minimum Gasteiger partial charge on any atom is -0.480 e. The van der Waals surface area contributed by atoms with Crippen molar-refractivity contribution in [3.8, 4) is 0 Å². The second kappa shape index (κ2) is 17.1. The fourth-order valence-corrected chi connectivity index (χ4v) is 5.73. The summed E-state index contributed by atoms with van der Waals surface area (Å²) in [5, 5.41) is 23.1. The van der Waals surface area contributed by atoms with Crippen LogP contribution in [0.1, 0.15) is 43.4 Å². The summed E-state index contributed by atoms with van der Waals surface area (Å²) >= 11 is 5.29. The highest BCUT2D eigenvalue weighted by atomic mass is 32.2. The van der Waals surface area contributed by atoms with Crippen LogP contribution in [0.3, 0.4) is 0 Å². The van der Waals surface area contributed by atoms with Crippen LogP contribution in [0.5, 0.6) is 0 Å². The number of amides is 2. The maximum Gasteiger partial charge on any atom is 0.327 e. The van der Waals surface area contributed by atoms with E-state index in [0.29, 0.717) is 0 Å². The zero-order chi connectivity index (χ0) is 30.3. The highest BCUT2D eigenvalue weighted by Crippen LogP contribution is 2.48. The molecular weight excluding hydrogens is 560 g/mol. The zero-order valence-electron chi connectivity index (χ0n) is 23.0. The summed E-state index contributed by atoms with van der Waals surface area (Å²) in [7, 11) is 0. The monoisotopic (exact) mass is 596 g/mol. The van der Waals surface area contributed by atoms with Crippen molar-refractivity contribution in [3.05, 3.63) is 108 Å². The van der Waals surface area contributed by atoms with E-state index in [2.05, 4.69) is 59.7 Å². The molecule has 0 aliphatic heterocycles. The molecule has 0 aliphatic rings. The number of thiol groups is 1. The third kappa shape index (κ3) is 9.68. The number of carboxylic acids is 2. The number of carbonyl (C=O) groups is 4. The van der Waals surface area contributed by atoms with Gasteiger partial charge in [-0.05, 0) is 16.7 Å². The van der Waals surface area contributed by atoms with Crippen LogP contribution < -0.4 is 10.6 Å². The van der Waals surface area contributed by atoms with E-state index in [-0.39, 0.29) is 36.2 Å². The molecule has 0 spiro atoms. The van der Waals surface area contributed by atoms with Crippen LogP contribution in [0.2, 0.25) is 0 Å². The molecule has 2 amide bonds. The molecule has 41 heavy (non-hydrogen) atoms. The van der Waals surface area contributed by atoms with Crippen molar-refractivity contribution in [2.24, 2.45) is 0 Å². The molecule has 0 aliphatic carbocycles. The lowest BCUT2D eigenvalue weighted by atomic mass is 9.84. The molecule has 0 saturated heterocycles. The Morgan fingerprint density at radius 1 is 0.683 bits per heavy atom. The zero-order valence-corrected chi connectivity index (χ0v) is 24.7. The Morgan fingerprint density at radius 2 is 1.02 bits per heavy atom. The molecule has 0 fully saturated rings. The van der Waals surface area contributed by atoms with Gasteiger partial charge in [0.05, 0.1) is 4.75 Å². The third-order valence-electron chi connectivity index (χ3n) is 6.10. The molecule has 3 aromatic rings. The van der Waals surface area contributed by atoms with Crippen LogP contribution >= 0.6 is 24.4 Å². The minimum absolute atomic E-state index is 0.112. The van der Waals surface area contributed by atoms with E-state index in [1.807, 2.05) is 54.6 Å². The van der Waals surface area contributed by atoms with Crippen LogP contribution in [0.4, 0.5) is 0 Å². The molecule has 0 radical (unpaired) electrons. The average Bonchev–Trinajstić information content (AvgIpc) is 3.00. The van der Waals surface area contributed by atoms with Gasteiger partial charge in [0.2, 0.25) is 11.8 Å². The number of benzene rings is 3. The number of hydrogen-bond acceptors (Lipinski definition) is 6. The molecule has 218 valence electrons. The van der Waals surface area contributed by atoms with E-state index < -0.39 is 28.8 Å². The largest absolute Gasteiger partial charge is 0.480 e. The van der Waals surface area contributed by atoms with Gasteiger partial charge in [-0.1, -0.05) is 105 Å². The molecular formula is C31H36N2O6S2. The molecule has 0 bridgehead atoms. The molecule has 8 nitrogen and oxygen atoms in total. The number of nitrogens with one attached hydrogen (secondary N) is 2. The average molecular weight is 597 g/mol. The SMILES string of the molecule is CCC(=O)N[C@@H](CS)C(=O)O.CCC(=O)N[C@@H](CSC(c1ccccc1)(c1ccccc1)c1ccccc1)C(=O)O. The molecule has 0 aromatic heterocycles. The molecule has 0 saturated carbocycles. The van der Waals surface area contributed by atoms with Gasteiger partial charge in [0.25, 0.3) is 0 Å². The van der Waals surface area contributed by atoms with Crippen molar-refractivity contribution >= 4 is 48.1 Å². The van der Waals surface area contributed by atoms with Crippen molar-refractivity contribution in [3.63, 3.8) is 0 Å².